The summed E-state index contributed by atoms with van der Waals surface area (Å²) >= 11 is 0. The topological polar surface area (TPSA) is 26.3 Å². The maximum atomic E-state index is 13.1. The van der Waals surface area contributed by atoms with Crippen molar-refractivity contribution in [1.82, 2.24) is 0 Å². The number of hydrogen-bond donors (Lipinski definition) is 0. The Morgan fingerprint density at radius 1 is 0.923 bits per heavy atom. The molecule has 0 unspecified atom stereocenters. The van der Waals surface area contributed by atoms with Crippen molar-refractivity contribution in [1.29, 1.82) is 0 Å². The van der Waals surface area contributed by atoms with Crippen LogP contribution in [0.25, 0.3) is 0 Å². The molecule has 5 saturated carbocycles. The maximum absolute atomic E-state index is 13.1. The van der Waals surface area contributed by atoms with Gasteiger partial charge in [-0.15, -0.1) is 0 Å². The van der Waals surface area contributed by atoms with Crippen molar-refractivity contribution in [2.45, 2.75) is 111 Å². The number of ether oxygens (including phenoxy) is 1. The Bertz CT molecular complexity index is 529. The van der Waals surface area contributed by atoms with Crippen molar-refractivity contribution in [3.63, 3.8) is 0 Å². The van der Waals surface area contributed by atoms with E-state index >= 15 is 0 Å². The molecule has 2 nitrogen and oxygen atoms in total. The van der Waals surface area contributed by atoms with Crippen LogP contribution in [0.4, 0.5) is 0 Å². The first-order valence-electron chi connectivity index (χ1n) is 11.4. The Morgan fingerprint density at radius 3 is 1.81 bits per heavy atom. The normalized spacial score (nSPS) is 38.6. The van der Waals surface area contributed by atoms with E-state index < -0.39 is 0 Å². The molecule has 0 spiro atoms. The van der Waals surface area contributed by atoms with E-state index in [1.807, 2.05) is 0 Å². The standard InChI is InChI=1S/C24H40O2/c1-6-21(2,3)20(25)26-24(9-7-8-10-24)22(4,5)23-14-17-11-18(15-23)13-19(12-17)16-23/h17-19H,6-16H2,1-5H3. The predicted molar refractivity (Wildman–Crippen MR) is 106 cm³/mol. The maximum Gasteiger partial charge on any atom is 0.312 e. The van der Waals surface area contributed by atoms with Crippen molar-refractivity contribution in [2.75, 3.05) is 0 Å². The molecule has 4 bridgehead atoms. The van der Waals surface area contributed by atoms with E-state index in [2.05, 4.69) is 34.6 Å². The van der Waals surface area contributed by atoms with Crippen molar-refractivity contribution in [2.24, 2.45) is 34.0 Å². The molecule has 26 heavy (non-hydrogen) atoms. The van der Waals surface area contributed by atoms with Gasteiger partial charge in [0, 0.05) is 5.41 Å². The molecule has 5 rings (SSSR count). The average Bonchev–Trinajstić information content (AvgIpc) is 3.03. The highest BCUT2D eigenvalue weighted by Gasteiger charge is 2.65. The quantitative estimate of drug-likeness (QED) is 0.522. The van der Waals surface area contributed by atoms with Crippen molar-refractivity contribution in [3.05, 3.63) is 0 Å². The monoisotopic (exact) mass is 360 g/mol. The summed E-state index contributed by atoms with van der Waals surface area (Å²) in [7, 11) is 0. The Kier molecular flexibility index (Phi) is 4.33. The summed E-state index contributed by atoms with van der Waals surface area (Å²) in [6.07, 6.45) is 14.0. The highest BCUT2D eigenvalue weighted by Crippen LogP contribution is 2.70. The lowest BCUT2D eigenvalue weighted by Crippen LogP contribution is -2.62. The molecule has 5 aliphatic rings. The van der Waals surface area contributed by atoms with Gasteiger partial charge in [0.05, 0.1) is 5.41 Å². The highest BCUT2D eigenvalue weighted by molar-refractivity contribution is 5.76. The van der Waals surface area contributed by atoms with Crippen LogP contribution in [0.15, 0.2) is 0 Å². The molecule has 148 valence electrons. The molecule has 0 amide bonds. The smallest absolute Gasteiger partial charge is 0.312 e. The number of rotatable bonds is 5. The van der Waals surface area contributed by atoms with Gasteiger partial charge in [0.15, 0.2) is 0 Å². The predicted octanol–water partition coefficient (Wildman–Crippen LogP) is 6.52. The average molecular weight is 361 g/mol. The van der Waals surface area contributed by atoms with Crippen LogP contribution in [-0.2, 0) is 9.53 Å². The SMILES string of the molecule is CCC(C)(C)C(=O)OC1(C(C)(C)C23CC4CC(CC(C4)C2)C3)CCCC1. The first-order chi connectivity index (χ1) is 12.1. The molecular weight excluding hydrogens is 320 g/mol. The number of esters is 1. The van der Waals surface area contributed by atoms with Crippen LogP contribution in [0, 0.1) is 34.0 Å². The van der Waals surface area contributed by atoms with Crippen molar-refractivity contribution < 1.29 is 9.53 Å². The molecule has 5 fully saturated rings. The molecule has 0 atom stereocenters. The first kappa shape index (κ1) is 18.8. The van der Waals surface area contributed by atoms with Crippen LogP contribution in [0.3, 0.4) is 0 Å². The van der Waals surface area contributed by atoms with Gasteiger partial charge < -0.3 is 4.74 Å². The Labute approximate surface area is 160 Å². The molecule has 0 aromatic carbocycles. The summed E-state index contributed by atoms with van der Waals surface area (Å²) in [4.78, 5) is 13.1. The lowest BCUT2D eigenvalue weighted by Gasteiger charge is -2.66. The lowest BCUT2D eigenvalue weighted by molar-refractivity contribution is -0.223. The summed E-state index contributed by atoms with van der Waals surface area (Å²) in [5.41, 5.74) is -0.107. The van der Waals surface area contributed by atoms with Gasteiger partial charge in [-0.05, 0) is 108 Å². The van der Waals surface area contributed by atoms with Gasteiger partial charge in [-0.25, -0.2) is 0 Å². The molecule has 0 aromatic rings. The van der Waals surface area contributed by atoms with Gasteiger partial charge in [0.2, 0.25) is 0 Å². The minimum absolute atomic E-state index is 0.0414. The number of carbonyl (C=O) groups is 1. The van der Waals surface area contributed by atoms with E-state index in [0.29, 0.717) is 5.41 Å². The fourth-order valence-electron chi connectivity index (χ4n) is 7.62. The summed E-state index contributed by atoms with van der Waals surface area (Å²) in [5, 5.41) is 0. The molecule has 0 heterocycles. The summed E-state index contributed by atoms with van der Waals surface area (Å²) in [6.45, 7) is 11.2. The van der Waals surface area contributed by atoms with Crippen LogP contribution in [0.5, 0.6) is 0 Å². The zero-order chi connectivity index (χ0) is 18.8. The third-order valence-electron chi connectivity index (χ3n) is 9.64. The second kappa shape index (κ2) is 5.98. The van der Waals surface area contributed by atoms with Crippen LogP contribution in [0.2, 0.25) is 0 Å². The zero-order valence-corrected chi connectivity index (χ0v) is 17.8. The molecule has 0 saturated heterocycles. The van der Waals surface area contributed by atoms with E-state index in [4.69, 9.17) is 4.74 Å². The summed E-state index contributed by atoms with van der Waals surface area (Å²) in [6, 6.07) is 0. The fraction of sp³-hybridized carbons (Fsp3) is 0.958. The van der Waals surface area contributed by atoms with Crippen LogP contribution < -0.4 is 0 Å². The third kappa shape index (κ3) is 2.60. The van der Waals surface area contributed by atoms with Gasteiger partial charge in [0.25, 0.3) is 0 Å². The minimum atomic E-state index is -0.368. The lowest BCUT2D eigenvalue weighted by atomic mass is 9.40. The molecule has 0 radical (unpaired) electrons. The van der Waals surface area contributed by atoms with Crippen molar-refractivity contribution in [3.8, 4) is 0 Å². The van der Waals surface area contributed by atoms with Crippen molar-refractivity contribution >= 4 is 5.97 Å². The molecular formula is C24H40O2. The van der Waals surface area contributed by atoms with Gasteiger partial charge in [-0.2, -0.15) is 0 Å². The van der Waals surface area contributed by atoms with Crippen LogP contribution in [-0.4, -0.2) is 11.6 Å². The van der Waals surface area contributed by atoms with Crippen LogP contribution >= 0.6 is 0 Å². The molecule has 0 N–H and O–H groups in total. The molecule has 2 heteroatoms. The van der Waals surface area contributed by atoms with E-state index in [1.165, 1.54) is 51.4 Å². The Morgan fingerprint density at radius 2 is 1.38 bits per heavy atom. The summed E-state index contributed by atoms with van der Waals surface area (Å²) in [5.74, 6) is 2.88. The Balaban J connectivity index is 1.66. The Hall–Kier alpha value is -0.530. The van der Waals surface area contributed by atoms with Gasteiger partial charge in [-0.3, -0.25) is 4.79 Å². The largest absolute Gasteiger partial charge is 0.458 e. The third-order valence-corrected chi connectivity index (χ3v) is 9.64. The van der Waals surface area contributed by atoms with Gasteiger partial charge in [-0.1, -0.05) is 20.8 Å². The van der Waals surface area contributed by atoms with E-state index in [-0.39, 0.29) is 22.4 Å². The second-order valence-corrected chi connectivity index (χ2v) is 11.7. The number of carbonyl (C=O) groups excluding carboxylic acids is 1. The zero-order valence-electron chi connectivity index (χ0n) is 17.8. The van der Waals surface area contributed by atoms with Crippen LogP contribution in [0.1, 0.15) is 105 Å². The molecule has 0 aliphatic heterocycles. The van der Waals surface area contributed by atoms with E-state index in [0.717, 1.165) is 37.0 Å². The second-order valence-electron chi connectivity index (χ2n) is 11.7. The highest BCUT2D eigenvalue weighted by atomic mass is 16.6. The minimum Gasteiger partial charge on any atom is -0.458 e. The van der Waals surface area contributed by atoms with Gasteiger partial charge in [0.1, 0.15) is 5.60 Å². The molecule has 0 aromatic heterocycles. The van der Waals surface area contributed by atoms with E-state index in [1.54, 1.807) is 0 Å². The molecule has 5 aliphatic carbocycles. The first-order valence-corrected chi connectivity index (χ1v) is 11.4. The van der Waals surface area contributed by atoms with E-state index in [9.17, 15) is 4.79 Å². The fourth-order valence-corrected chi connectivity index (χ4v) is 7.62. The van der Waals surface area contributed by atoms with Gasteiger partial charge >= 0.3 is 5.97 Å². The summed E-state index contributed by atoms with van der Waals surface area (Å²) < 4.78 is 6.57. The number of hydrogen-bond acceptors (Lipinski definition) is 2.